The Morgan fingerprint density at radius 1 is 1.14 bits per heavy atom. The number of nitrogens with zero attached hydrogens (tertiary/aromatic N) is 3. The van der Waals surface area contributed by atoms with E-state index >= 15 is 0 Å². The Hall–Kier alpha value is -1.44. The fourth-order valence-corrected chi connectivity index (χ4v) is 4.95. The molecule has 3 rings (SSSR count). The van der Waals surface area contributed by atoms with Crippen molar-refractivity contribution in [2.24, 2.45) is 5.10 Å². The molecule has 2 fully saturated rings. The molecule has 0 radical (unpaired) electrons. The maximum atomic E-state index is 12.5. The van der Waals surface area contributed by atoms with E-state index in [0.29, 0.717) is 18.6 Å². The van der Waals surface area contributed by atoms with E-state index in [1.807, 2.05) is 0 Å². The zero-order valence-electron chi connectivity index (χ0n) is 12.5. The second-order valence-electron chi connectivity index (χ2n) is 6.19. The quantitative estimate of drug-likeness (QED) is 0.723. The summed E-state index contributed by atoms with van der Waals surface area (Å²) in [5.41, 5.74) is 0.394. The average Bonchev–Trinajstić information content (AvgIpc) is 2.88. The van der Waals surface area contributed by atoms with Crippen molar-refractivity contribution in [3.63, 3.8) is 0 Å². The van der Waals surface area contributed by atoms with Gasteiger partial charge in [0, 0.05) is 25.9 Å². The van der Waals surface area contributed by atoms with Gasteiger partial charge in [0.25, 0.3) is 5.91 Å². The summed E-state index contributed by atoms with van der Waals surface area (Å²) in [6, 6.07) is -0.415. The molecular weight excluding hydrogens is 306 g/mol. The van der Waals surface area contributed by atoms with Crippen molar-refractivity contribution in [1.29, 1.82) is 0 Å². The molecule has 2 amide bonds. The molecule has 0 aromatic carbocycles. The van der Waals surface area contributed by atoms with Crippen LogP contribution in [-0.4, -0.2) is 66.5 Å². The summed E-state index contributed by atoms with van der Waals surface area (Å²) in [5.74, 6) is -0.241. The van der Waals surface area contributed by atoms with E-state index in [0.717, 1.165) is 32.4 Å². The van der Waals surface area contributed by atoms with Crippen LogP contribution in [0.15, 0.2) is 5.10 Å². The van der Waals surface area contributed by atoms with E-state index in [4.69, 9.17) is 0 Å². The predicted molar refractivity (Wildman–Crippen MR) is 81.0 cm³/mol. The topological polar surface area (TPSA) is 87.1 Å². The summed E-state index contributed by atoms with van der Waals surface area (Å²) in [6.45, 7) is 1.48. The standard InChI is InChI=1S/C14H21N3O4S/c18-13-5-4-12(14(19)16-7-2-1-3-8-16)15-17(13)11-6-9-22(20,21)10-11/h11H,1-10H2. The third-order valence-corrected chi connectivity index (χ3v) is 6.25. The highest BCUT2D eigenvalue weighted by molar-refractivity contribution is 7.91. The van der Waals surface area contributed by atoms with Crippen molar-refractivity contribution < 1.29 is 18.0 Å². The fraction of sp³-hybridized carbons (Fsp3) is 0.786. The van der Waals surface area contributed by atoms with Crippen LogP contribution in [0.5, 0.6) is 0 Å². The SMILES string of the molecule is O=C(C1=NN(C2CCS(=O)(=O)C2)C(=O)CC1)N1CCCCC1. The number of hydrogen-bond donors (Lipinski definition) is 0. The summed E-state index contributed by atoms with van der Waals surface area (Å²) in [4.78, 5) is 26.3. The molecule has 22 heavy (non-hydrogen) atoms. The molecule has 0 aromatic heterocycles. The molecule has 0 saturated carbocycles. The van der Waals surface area contributed by atoms with Crippen molar-refractivity contribution in [2.75, 3.05) is 24.6 Å². The minimum atomic E-state index is -3.08. The second-order valence-corrected chi connectivity index (χ2v) is 8.42. The van der Waals surface area contributed by atoms with Gasteiger partial charge in [-0.15, -0.1) is 0 Å². The van der Waals surface area contributed by atoms with Gasteiger partial charge < -0.3 is 4.90 Å². The molecule has 8 heteroatoms. The third-order valence-electron chi connectivity index (χ3n) is 4.50. The number of sulfone groups is 1. The van der Waals surface area contributed by atoms with Crippen molar-refractivity contribution in [3.05, 3.63) is 0 Å². The molecule has 1 unspecified atom stereocenters. The molecule has 0 N–H and O–H groups in total. The van der Waals surface area contributed by atoms with Crippen LogP contribution in [-0.2, 0) is 19.4 Å². The first-order chi connectivity index (χ1) is 10.5. The van der Waals surface area contributed by atoms with Crippen LogP contribution < -0.4 is 0 Å². The van der Waals surface area contributed by atoms with Gasteiger partial charge in [-0.1, -0.05) is 0 Å². The Kier molecular flexibility index (Phi) is 4.20. The number of amides is 2. The lowest BCUT2D eigenvalue weighted by molar-refractivity contribution is -0.134. The highest BCUT2D eigenvalue weighted by Crippen LogP contribution is 2.23. The maximum absolute atomic E-state index is 12.5. The minimum Gasteiger partial charge on any atom is -0.338 e. The summed E-state index contributed by atoms with van der Waals surface area (Å²) in [5, 5.41) is 5.49. The van der Waals surface area contributed by atoms with Crippen LogP contribution >= 0.6 is 0 Å². The molecule has 0 aliphatic carbocycles. The lowest BCUT2D eigenvalue weighted by atomic mass is 10.1. The Morgan fingerprint density at radius 2 is 1.86 bits per heavy atom. The number of likely N-dealkylation sites (tertiary alicyclic amines) is 1. The monoisotopic (exact) mass is 327 g/mol. The number of rotatable bonds is 2. The second kappa shape index (κ2) is 5.98. The summed E-state index contributed by atoms with van der Waals surface area (Å²) in [6.07, 6.45) is 4.13. The van der Waals surface area contributed by atoms with Crippen LogP contribution in [0, 0.1) is 0 Å². The first-order valence-electron chi connectivity index (χ1n) is 7.85. The largest absolute Gasteiger partial charge is 0.338 e. The fourth-order valence-electron chi connectivity index (χ4n) is 3.26. The van der Waals surface area contributed by atoms with Crippen molar-refractivity contribution >= 4 is 27.4 Å². The predicted octanol–water partition coefficient (Wildman–Crippen LogP) is 0.164. The molecule has 0 bridgehead atoms. The Balaban J connectivity index is 1.76. The van der Waals surface area contributed by atoms with Gasteiger partial charge in [0.15, 0.2) is 9.84 Å². The molecule has 0 aromatic rings. The summed E-state index contributed by atoms with van der Waals surface area (Å²) < 4.78 is 23.2. The Bertz CT molecular complexity index is 608. The van der Waals surface area contributed by atoms with Gasteiger partial charge >= 0.3 is 0 Å². The van der Waals surface area contributed by atoms with Gasteiger partial charge in [-0.2, -0.15) is 5.10 Å². The molecule has 3 aliphatic rings. The molecular formula is C14H21N3O4S. The van der Waals surface area contributed by atoms with Crippen molar-refractivity contribution in [2.45, 2.75) is 44.6 Å². The number of carbonyl (C=O) groups excluding carboxylic acids is 2. The van der Waals surface area contributed by atoms with Crippen LogP contribution in [0.2, 0.25) is 0 Å². The smallest absolute Gasteiger partial charge is 0.270 e. The average molecular weight is 327 g/mol. The molecule has 7 nitrogen and oxygen atoms in total. The number of hydrogen-bond acceptors (Lipinski definition) is 5. The van der Waals surface area contributed by atoms with Gasteiger partial charge in [0.2, 0.25) is 5.91 Å². The van der Waals surface area contributed by atoms with Gasteiger partial charge in [-0.25, -0.2) is 13.4 Å². The number of carbonyl (C=O) groups is 2. The molecule has 3 heterocycles. The van der Waals surface area contributed by atoms with Gasteiger partial charge in [0.05, 0.1) is 17.5 Å². The van der Waals surface area contributed by atoms with E-state index in [1.54, 1.807) is 4.90 Å². The number of hydrazone groups is 1. The van der Waals surface area contributed by atoms with Crippen LogP contribution in [0.3, 0.4) is 0 Å². The van der Waals surface area contributed by atoms with Crippen molar-refractivity contribution in [3.8, 4) is 0 Å². The normalized spacial score (nSPS) is 28.6. The van der Waals surface area contributed by atoms with Gasteiger partial charge in [-0.3, -0.25) is 9.59 Å². The van der Waals surface area contributed by atoms with E-state index in [9.17, 15) is 18.0 Å². The van der Waals surface area contributed by atoms with Crippen LogP contribution in [0.4, 0.5) is 0 Å². The zero-order chi connectivity index (χ0) is 15.7. The van der Waals surface area contributed by atoms with E-state index in [2.05, 4.69) is 5.10 Å². The zero-order valence-corrected chi connectivity index (χ0v) is 13.3. The summed E-state index contributed by atoms with van der Waals surface area (Å²) >= 11 is 0. The molecule has 2 saturated heterocycles. The van der Waals surface area contributed by atoms with Crippen LogP contribution in [0.1, 0.15) is 38.5 Å². The summed E-state index contributed by atoms with van der Waals surface area (Å²) in [7, 11) is -3.08. The Labute approximate surface area is 130 Å². The van der Waals surface area contributed by atoms with Crippen molar-refractivity contribution in [1.82, 2.24) is 9.91 Å². The van der Waals surface area contributed by atoms with E-state index in [1.165, 1.54) is 5.01 Å². The van der Waals surface area contributed by atoms with Gasteiger partial charge in [0.1, 0.15) is 5.71 Å². The van der Waals surface area contributed by atoms with Gasteiger partial charge in [-0.05, 0) is 25.7 Å². The third kappa shape index (κ3) is 3.16. The molecule has 0 spiro atoms. The highest BCUT2D eigenvalue weighted by Gasteiger charge is 2.37. The molecule has 1 atom stereocenters. The van der Waals surface area contributed by atoms with Crippen LogP contribution in [0.25, 0.3) is 0 Å². The first-order valence-corrected chi connectivity index (χ1v) is 9.68. The Morgan fingerprint density at radius 3 is 2.50 bits per heavy atom. The highest BCUT2D eigenvalue weighted by atomic mass is 32.2. The van der Waals surface area contributed by atoms with E-state index in [-0.39, 0.29) is 29.7 Å². The maximum Gasteiger partial charge on any atom is 0.270 e. The first kappa shape index (κ1) is 15.5. The van der Waals surface area contributed by atoms with E-state index < -0.39 is 15.9 Å². The molecule has 3 aliphatic heterocycles. The number of piperidine rings is 1. The lowest BCUT2D eigenvalue weighted by Gasteiger charge is -2.31. The lowest BCUT2D eigenvalue weighted by Crippen LogP contribution is -2.46. The minimum absolute atomic E-state index is 0.0482. The molecule has 122 valence electrons.